The van der Waals surface area contributed by atoms with Gasteiger partial charge in [0.15, 0.2) is 5.82 Å². The summed E-state index contributed by atoms with van der Waals surface area (Å²) in [6, 6.07) is 0. The van der Waals surface area contributed by atoms with Crippen LogP contribution in [0.15, 0.2) is 0 Å². The summed E-state index contributed by atoms with van der Waals surface area (Å²) in [4.78, 5) is 0. The molecule has 4 nitrogen and oxygen atoms in total. The first-order chi connectivity index (χ1) is 7.36. The third-order valence-electron chi connectivity index (χ3n) is 2.13. The van der Waals surface area contributed by atoms with Crippen molar-refractivity contribution >= 4 is 11.6 Å². The lowest BCUT2D eigenvalue weighted by molar-refractivity contribution is 0.0570. The Labute approximate surface area is 102 Å². The third-order valence-corrected chi connectivity index (χ3v) is 2.37. The zero-order valence-corrected chi connectivity index (χ0v) is 11.4. The van der Waals surface area contributed by atoms with Gasteiger partial charge in [0.2, 0.25) is 0 Å². The van der Waals surface area contributed by atoms with E-state index in [-0.39, 0.29) is 11.6 Å². The van der Waals surface area contributed by atoms with Gasteiger partial charge >= 0.3 is 0 Å². The number of hydrogen-bond acceptors (Lipinski definition) is 3. The monoisotopic (exact) mass is 245 g/mol. The van der Waals surface area contributed by atoms with Gasteiger partial charge in [0.1, 0.15) is 12.4 Å². The summed E-state index contributed by atoms with van der Waals surface area (Å²) in [5.41, 5.74) is -0.0800. The van der Waals surface area contributed by atoms with Gasteiger partial charge in [-0.2, -0.15) is 0 Å². The summed E-state index contributed by atoms with van der Waals surface area (Å²) in [7, 11) is 0. The molecular formula is C11H20ClN3O. The molecule has 0 amide bonds. The standard InChI is InChI=1S/C11H20ClN3O/c1-8(2)16-7-10-14-13-9(6-12)15(10)11(3,4)5/h8H,6-7H2,1-5H3. The maximum absolute atomic E-state index is 5.85. The van der Waals surface area contributed by atoms with Crippen LogP contribution >= 0.6 is 11.6 Å². The molecule has 0 aromatic carbocycles. The van der Waals surface area contributed by atoms with Gasteiger partial charge in [0.05, 0.1) is 12.0 Å². The SMILES string of the molecule is CC(C)OCc1nnc(CCl)n1C(C)(C)C. The molecule has 0 atom stereocenters. The fourth-order valence-electron chi connectivity index (χ4n) is 1.55. The fraction of sp³-hybridized carbons (Fsp3) is 0.818. The predicted octanol–water partition coefficient (Wildman–Crippen LogP) is 2.70. The molecule has 1 rings (SSSR count). The summed E-state index contributed by atoms with van der Waals surface area (Å²) in [5, 5.41) is 8.21. The Hall–Kier alpha value is -0.610. The largest absolute Gasteiger partial charge is 0.371 e. The smallest absolute Gasteiger partial charge is 0.159 e. The molecule has 0 aliphatic rings. The van der Waals surface area contributed by atoms with Gasteiger partial charge in [-0.3, -0.25) is 0 Å². The lowest BCUT2D eigenvalue weighted by atomic mass is 10.1. The van der Waals surface area contributed by atoms with Crippen LogP contribution in [0.2, 0.25) is 0 Å². The first-order valence-corrected chi connectivity index (χ1v) is 6.01. The van der Waals surface area contributed by atoms with Gasteiger partial charge in [-0.05, 0) is 34.6 Å². The summed E-state index contributed by atoms with van der Waals surface area (Å²) >= 11 is 5.85. The van der Waals surface area contributed by atoms with Crippen molar-refractivity contribution in [2.45, 2.75) is 58.7 Å². The number of ether oxygens (including phenoxy) is 1. The molecule has 0 bridgehead atoms. The Kier molecular flexibility index (Phi) is 4.33. The van der Waals surface area contributed by atoms with Gasteiger partial charge in [-0.1, -0.05) is 0 Å². The molecule has 0 saturated heterocycles. The van der Waals surface area contributed by atoms with Crippen molar-refractivity contribution in [2.24, 2.45) is 0 Å². The molecule has 1 aromatic heterocycles. The molecule has 0 aliphatic carbocycles. The molecule has 16 heavy (non-hydrogen) atoms. The highest BCUT2D eigenvalue weighted by atomic mass is 35.5. The molecule has 0 fully saturated rings. The molecule has 1 aromatic rings. The van der Waals surface area contributed by atoms with E-state index in [4.69, 9.17) is 16.3 Å². The fourth-order valence-corrected chi connectivity index (χ4v) is 1.72. The summed E-state index contributed by atoms with van der Waals surface area (Å²) < 4.78 is 7.60. The zero-order valence-electron chi connectivity index (χ0n) is 10.6. The van der Waals surface area contributed by atoms with E-state index in [1.54, 1.807) is 0 Å². The van der Waals surface area contributed by atoms with Crippen LogP contribution in [-0.4, -0.2) is 20.9 Å². The maximum Gasteiger partial charge on any atom is 0.159 e. The molecule has 92 valence electrons. The molecule has 1 heterocycles. The second kappa shape index (κ2) is 5.15. The van der Waals surface area contributed by atoms with Gasteiger partial charge in [-0.15, -0.1) is 21.8 Å². The van der Waals surface area contributed by atoms with Crippen molar-refractivity contribution in [3.05, 3.63) is 11.6 Å². The number of nitrogens with zero attached hydrogens (tertiary/aromatic N) is 3. The van der Waals surface area contributed by atoms with Crippen LogP contribution in [0.4, 0.5) is 0 Å². The van der Waals surface area contributed by atoms with Gasteiger partial charge in [0.25, 0.3) is 0 Å². The highest BCUT2D eigenvalue weighted by Gasteiger charge is 2.22. The van der Waals surface area contributed by atoms with E-state index in [0.29, 0.717) is 12.5 Å². The summed E-state index contributed by atoms with van der Waals surface area (Å²) in [5.74, 6) is 1.99. The average Bonchev–Trinajstić information content (AvgIpc) is 2.56. The van der Waals surface area contributed by atoms with Gasteiger partial charge in [0, 0.05) is 5.54 Å². The minimum atomic E-state index is -0.0800. The Morgan fingerprint density at radius 3 is 2.25 bits per heavy atom. The van der Waals surface area contributed by atoms with Crippen LogP contribution in [0.5, 0.6) is 0 Å². The minimum absolute atomic E-state index is 0.0800. The van der Waals surface area contributed by atoms with Crippen LogP contribution in [-0.2, 0) is 22.8 Å². The molecule has 0 N–H and O–H groups in total. The van der Waals surface area contributed by atoms with Crippen LogP contribution in [0.25, 0.3) is 0 Å². The maximum atomic E-state index is 5.85. The van der Waals surface area contributed by atoms with Crippen molar-refractivity contribution in [3.8, 4) is 0 Å². The molecule has 5 heteroatoms. The number of alkyl halides is 1. The number of rotatable bonds is 4. The van der Waals surface area contributed by atoms with E-state index in [1.165, 1.54) is 0 Å². The van der Waals surface area contributed by atoms with Crippen molar-refractivity contribution in [3.63, 3.8) is 0 Å². The highest BCUT2D eigenvalue weighted by Crippen LogP contribution is 2.20. The van der Waals surface area contributed by atoms with Crippen LogP contribution in [0, 0.1) is 0 Å². The third kappa shape index (κ3) is 3.19. The quantitative estimate of drug-likeness (QED) is 0.766. The van der Waals surface area contributed by atoms with E-state index in [9.17, 15) is 0 Å². The average molecular weight is 246 g/mol. The van der Waals surface area contributed by atoms with E-state index < -0.39 is 0 Å². The van der Waals surface area contributed by atoms with Crippen molar-refractivity contribution < 1.29 is 4.74 Å². The Bertz CT molecular complexity index is 341. The Morgan fingerprint density at radius 1 is 1.25 bits per heavy atom. The second-order valence-corrected chi connectivity index (χ2v) is 5.30. The van der Waals surface area contributed by atoms with E-state index in [1.807, 2.05) is 18.4 Å². The van der Waals surface area contributed by atoms with Gasteiger partial charge < -0.3 is 9.30 Å². The molecule has 0 unspecified atom stereocenters. The normalized spacial score (nSPS) is 12.4. The first kappa shape index (κ1) is 13.5. The van der Waals surface area contributed by atoms with E-state index in [0.717, 1.165) is 11.6 Å². The van der Waals surface area contributed by atoms with Gasteiger partial charge in [-0.25, -0.2) is 0 Å². The molecule has 0 aliphatic heterocycles. The number of hydrogen-bond donors (Lipinski definition) is 0. The van der Waals surface area contributed by atoms with Crippen LogP contribution in [0.1, 0.15) is 46.3 Å². The minimum Gasteiger partial charge on any atom is -0.371 e. The zero-order chi connectivity index (χ0) is 12.3. The Balaban J connectivity index is 2.96. The van der Waals surface area contributed by atoms with Crippen molar-refractivity contribution in [2.75, 3.05) is 0 Å². The number of halogens is 1. The molecule has 0 radical (unpaired) electrons. The topological polar surface area (TPSA) is 39.9 Å². The highest BCUT2D eigenvalue weighted by molar-refractivity contribution is 6.16. The lowest BCUT2D eigenvalue weighted by Crippen LogP contribution is -2.26. The number of aromatic nitrogens is 3. The van der Waals surface area contributed by atoms with E-state index in [2.05, 4.69) is 31.0 Å². The van der Waals surface area contributed by atoms with Crippen molar-refractivity contribution in [1.82, 2.24) is 14.8 Å². The Morgan fingerprint density at radius 2 is 1.81 bits per heavy atom. The van der Waals surface area contributed by atoms with E-state index >= 15 is 0 Å². The predicted molar refractivity (Wildman–Crippen MR) is 64.5 cm³/mol. The summed E-state index contributed by atoms with van der Waals surface area (Å²) in [6.45, 7) is 10.8. The van der Waals surface area contributed by atoms with Crippen molar-refractivity contribution in [1.29, 1.82) is 0 Å². The second-order valence-electron chi connectivity index (χ2n) is 5.03. The molecular weight excluding hydrogens is 226 g/mol. The molecule has 0 saturated carbocycles. The van der Waals surface area contributed by atoms with Crippen LogP contribution < -0.4 is 0 Å². The lowest BCUT2D eigenvalue weighted by Gasteiger charge is -2.24. The van der Waals surface area contributed by atoms with Crippen LogP contribution in [0.3, 0.4) is 0 Å². The molecule has 0 spiro atoms. The summed E-state index contributed by atoms with van der Waals surface area (Å²) in [6.07, 6.45) is 0.185. The first-order valence-electron chi connectivity index (χ1n) is 5.47.